The van der Waals surface area contributed by atoms with Crippen LogP contribution < -0.4 is 11.2 Å². The predicted octanol–water partition coefficient (Wildman–Crippen LogP) is 2.27. The molecule has 2 aromatic carbocycles. The zero-order chi connectivity index (χ0) is 16.4. The highest BCUT2D eigenvalue weighted by atomic mass is 16.3. The number of hydrogen-bond donors (Lipinski definition) is 2. The SMILES string of the molecule is Cc1ccc(-c2c(O)n(Cc3ccccc3)c(=O)[nH]c2=O)cc1. The third kappa shape index (κ3) is 2.94. The van der Waals surface area contributed by atoms with Crippen LogP contribution in [-0.4, -0.2) is 14.7 Å². The average molecular weight is 308 g/mol. The van der Waals surface area contributed by atoms with E-state index in [1.54, 1.807) is 12.1 Å². The number of aromatic hydroxyl groups is 1. The molecule has 0 radical (unpaired) electrons. The predicted molar refractivity (Wildman–Crippen MR) is 88.7 cm³/mol. The van der Waals surface area contributed by atoms with Gasteiger partial charge in [0, 0.05) is 0 Å². The summed E-state index contributed by atoms with van der Waals surface area (Å²) >= 11 is 0. The smallest absolute Gasteiger partial charge is 0.331 e. The second-order valence-corrected chi connectivity index (χ2v) is 5.40. The summed E-state index contributed by atoms with van der Waals surface area (Å²) in [6.45, 7) is 2.12. The van der Waals surface area contributed by atoms with Crippen LogP contribution in [0.1, 0.15) is 11.1 Å². The van der Waals surface area contributed by atoms with Crippen molar-refractivity contribution in [1.29, 1.82) is 0 Å². The first kappa shape index (κ1) is 14.8. The highest BCUT2D eigenvalue weighted by Gasteiger charge is 2.16. The minimum Gasteiger partial charge on any atom is -0.494 e. The number of aromatic amines is 1. The van der Waals surface area contributed by atoms with Gasteiger partial charge < -0.3 is 5.11 Å². The lowest BCUT2D eigenvalue weighted by Crippen LogP contribution is -2.31. The van der Waals surface area contributed by atoms with Crippen LogP contribution in [0, 0.1) is 6.92 Å². The van der Waals surface area contributed by atoms with Gasteiger partial charge in [-0.2, -0.15) is 0 Å². The molecule has 1 aromatic heterocycles. The second-order valence-electron chi connectivity index (χ2n) is 5.40. The Morgan fingerprint density at radius 1 is 1.00 bits per heavy atom. The number of rotatable bonds is 3. The first-order valence-corrected chi connectivity index (χ1v) is 7.23. The Kier molecular flexibility index (Phi) is 3.85. The molecule has 0 saturated heterocycles. The molecule has 116 valence electrons. The van der Waals surface area contributed by atoms with Crippen LogP contribution in [-0.2, 0) is 6.54 Å². The third-order valence-corrected chi connectivity index (χ3v) is 3.70. The van der Waals surface area contributed by atoms with E-state index in [4.69, 9.17) is 0 Å². The molecule has 3 aromatic rings. The second kappa shape index (κ2) is 5.96. The molecule has 3 rings (SSSR count). The number of H-pyrrole nitrogens is 1. The molecule has 0 amide bonds. The van der Waals surface area contributed by atoms with Crippen molar-refractivity contribution < 1.29 is 5.11 Å². The summed E-state index contributed by atoms with van der Waals surface area (Å²) in [5.74, 6) is -0.327. The van der Waals surface area contributed by atoms with Gasteiger partial charge in [-0.3, -0.25) is 14.3 Å². The number of aromatic nitrogens is 2. The van der Waals surface area contributed by atoms with E-state index < -0.39 is 11.2 Å². The summed E-state index contributed by atoms with van der Waals surface area (Å²) < 4.78 is 1.16. The molecule has 0 aliphatic carbocycles. The van der Waals surface area contributed by atoms with Gasteiger partial charge in [-0.25, -0.2) is 4.79 Å². The van der Waals surface area contributed by atoms with Gasteiger partial charge in [-0.15, -0.1) is 0 Å². The largest absolute Gasteiger partial charge is 0.494 e. The molecule has 2 N–H and O–H groups in total. The van der Waals surface area contributed by atoms with Crippen molar-refractivity contribution in [3.63, 3.8) is 0 Å². The lowest BCUT2D eigenvalue weighted by atomic mass is 10.1. The van der Waals surface area contributed by atoms with E-state index in [9.17, 15) is 14.7 Å². The lowest BCUT2D eigenvalue weighted by Gasteiger charge is -2.11. The van der Waals surface area contributed by atoms with E-state index >= 15 is 0 Å². The molecule has 0 saturated carbocycles. The third-order valence-electron chi connectivity index (χ3n) is 3.70. The lowest BCUT2D eigenvalue weighted by molar-refractivity contribution is 0.412. The fraction of sp³-hybridized carbons (Fsp3) is 0.111. The molecule has 0 spiro atoms. The monoisotopic (exact) mass is 308 g/mol. The Labute approximate surface area is 132 Å². The summed E-state index contributed by atoms with van der Waals surface area (Å²) in [6, 6.07) is 16.5. The van der Waals surface area contributed by atoms with Gasteiger partial charge in [-0.05, 0) is 18.1 Å². The van der Waals surface area contributed by atoms with Gasteiger partial charge in [0.2, 0.25) is 5.88 Å². The van der Waals surface area contributed by atoms with Crippen LogP contribution >= 0.6 is 0 Å². The van der Waals surface area contributed by atoms with Crippen molar-refractivity contribution in [2.75, 3.05) is 0 Å². The number of aryl methyl sites for hydroxylation is 1. The van der Waals surface area contributed by atoms with Crippen molar-refractivity contribution in [3.8, 4) is 17.0 Å². The molecule has 5 nitrogen and oxygen atoms in total. The molecular weight excluding hydrogens is 292 g/mol. The minimum atomic E-state index is -0.632. The number of benzene rings is 2. The van der Waals surface area contributed by atoms with E-state index in [2.05, 4.69) is 4.98 Å². The number of hydrogen-bond acceptors (Lipinski definition) is 3. The molecule has 23 heavy (non-hydrogen) atoms. The van der Waals surface area contributed by atoms with E-state index in [-0.39, 0.29) is 18.0 Å². The Morgan fingerprint density at radius 2 is 1.65 bits per heavy atom. The fourth-order valence-corrected chi connectivity index (χ4v) is 2.45. The molecular formula is C18H16N2O3. The number of nitrogens with one attached hydrogen (secondary N) is 1. The molecule has 1 heterocycles. The zero-order valence-corrected chi connectivity index (χ0v) is 12.6. The van der Waals surface area contributed by atoms with Crippen LogP contribution in [0.3, 0.4) is 0 Å². The van der Waals surface area contributed by atoms with Crippen LogP contribution in [0.5, 0.6) is 5.88 Å². The maximum Gasteiger partial charge on any atom is 0.331 e. The van der Waals surface area contributed by atoms with Gasteiger partial charge in [0.05, 0.1) is 6.54 Å². The van der Waals surface area contributed by atoms with Gasteiger partial charge >= 0.3 is 5.69 Å². The van der Waals surface area contributed by atoms with E-state index in [0.717, 1.165) is 15.7 Å². The molecule has 0 fully saturated rings. The first-order chi connectivity index (χ1) is 11.1. The molecule has 0 atom stereocenters. The summed E-state index contributed by atoms with van der Waals surface area (Å²) in [6.07, 6.45) is 0. The topological polar surface area (TPSA) is 75.1 Å². The quantitative estimate of drug-likeness (QED) is 0.779. The van der Waals surface area contributed by atoms with E-state index in [1.165, 1.54) is 0 Å². The maximum atomic E-state index is 12.1. The van der Waals surface area contributed by atoms with Gasteiger partial charge in [0.25, 0.3) is 5.56 Å². The van der Waals surface area contributed by atoms with Crippen LogP contribution in [0.4, 0.5) is 0 Å². The molecule has 0 aliphatic heterocycles. The normalized spacial score (nSPS) is 10.7. The Balaban J connectivity index is 2.15. The fourth-order valence-electron chi connectivity index (χ4n) is 2.45. The maximum absolute atomic E-state index is 12.1. The van der Waals surface area contributed by atoms with Crippen LogP contribution in [0.15, 0.2) is 64.2 Å². The number of nitrogens with zero attached hydrogens (tertiary/aromatic N) is 1. The molecule has 0 unspecified atom stereocenters. The molecule has 0 aliphatic rings. The van der Waals surface area contributed by atoms with E-state index in [0.29, 0.717) is 5.56 Å². The van der Waals surface area contributed by atoms with Gasteiger partial charge in [0.15, 0.2) is 0 Å². The Morgan fingerprint density at radius 3 is 2.30 bits per heavy atom. The van der Waals surface area contributed by atoms with Crippen molar-refractivity contribution in [2.24, 2.45) is 0 Å². The van der Waals surface area contributed by atoms with Gasteiger partial charge in [0.1, 0.15) is 5.56 Å². The Hall–Kier alpha value is -3.08. The minimum absolute atomic E-state index is 0.0977. The summed E-state index contributed by atoms with van der Waals surface area (Å²) in [5, 5.41) is 10.5. The van der Waals surface area contributed by atoms with E-state index in [1.807, 2.05) is 49.4 Å². The van der Waals surface area contributed by atoms with Crippen molar-refractivity contribution in [2.45, 2.75) is 13.5 Å². The molecule has 0 bridgehead atoms. The summed E-state index contributed by atoms with van der Waals surface area (Å²) in [4.78, 5) is 26.4. The van der Waals surface area contributed by atoms with Crippen molar-refractivity contribution >= 4 is 0 Å². The summed E-state index contributed by atoms with van der Waals surface area (Å²) in [5.41, 5.74) is 1.33. The average Bonchev–Trinajstić information content (AvgIpc) is 2.54. The molecule has 5 heteroatoms. The van der Waals surface area contributed by atoms with Crippen LogP contribution in [0.25, 0.3) is 11.1 Å². The van der Waals surface area contributed by atoms with Crippen molar-refractivity contribution in [1.82, 2.24) is 9.55 Å². The summed E-state index contributed by atoms with van der Waals surface area (Å²) in [7, 11) is 0. The highest BCUT2D eigenvalue weighted by Crippen LogP contribution is 2.24. The van der Waals surface area contributed by atoms with Crippen molar-refractivity contribution in [3.05, 3.63) is 86.6 Å². The Bertz CT molecular complexity index is 939. The standard InChI is InChI=1S/C18H16N2O3/c1-12-7-9-14(10-8-12)15-16(21)19-18(23)20(17(15)22)11-13-5-3-2-4-6-13/h2-10,22H,11H2,1H3,(H,19,21,23). The van der Waals surface area contributed by atoms with Crippen LogP contribution in [0.2, 0.25) is 0 Å². The highest BCUT2D eigenvalue weighted by molar-refractivity contribution is 5.67. The van der Waals surface area contributed by atoms with Gasteiger partial charge in [-0.1, -0.05) is 60.2 Å². The first-order valence-electron chi connectivity index (χ1n) is 7.23. The zero-order valence-electron chi connectivity index (χ0n) is 12.6.